The molecule has 128 valence electrons. The lowest BCUT2D eigenvalue weighted by Crippen LogP contribution is -2.28. The van der Waals surface area contributed by atoms with Gasteiger partial charge in [0.1, 0.15) is 0 Å². The Morgan fingerprint density at radius 1 is 0.917 bits per heavy atom. The van der Waals surface area contributed by atoms with Crippen LogP contribution in [0.1, 0.15) is 31.2 Å². The zero-order chi connectivity index (χ0) is 16.9. The Morgan fingerprint density at radius 3 is 2.12 bits per heavy atom. The first-order valence-corrected chi connectivity index (χ1v) is 8.88. The Hall–Kier alpha value is -1.46. The summed E-state index contributed by atoms with van der Waals surface area (Å²) >= 11 is 3.06. The molecule has 1 saturated carbocycles. The lowest BCUT2D eigenvalue weighted by molar-refractivity contribution is -0.00779. The maximum atomic E-state index is 13.8. The molecule has 1 aliphatic carbocycles. The average Bonchev–Trinajstić information content (AvgIpc) is 2.58. The maximum absolute atomic E-state index is 13.8. The van der Waals surface area contributed by atoms with Gasteiger partial charge in [-0.25, -0.2) is 8.78 Å². The van der Waals surface area contributed by atoms with Crippen LogP contribution in [0.2, 0.25) is 0 Å². The average molecular weight is 397 g/mol. The molecule has 0 saturated heterocycles. The summed E-state index contributed by atoms with van der Waals surface area (Å²) in [5.74, 6) is -1.64. The Kier molecular flexibility index (Phi) is 5.85. The summed E-state index contributed by atoms with van der Waals surface area (Å²) in [7, 11) is 0. The van der Waals surface area contributed by atoms with E-state index in [2.05, 4.69) is 15.9 Å². The second-order valence-electron chi connectivity index (χ2n) is 6.01. The van der Waals surface area contributed by atoms with Crippen LogP contribution in [0, 0.1) is 11.6 Å². The SMILES string of the molecule is Fc1cc(Br)cc(F)c1OC1CCC(OCc2ccccc2)CC1. The molecule has 0 N–H and O–H groups in total. The van der Waals surface area contributed by atoms with Crippen molar-refractivity contribution in [3.63, 3.8) is 0 Å². The summed E-state index contributed by atoms with van der Waals surface area (Å²) in [6.45, 7) is 0.590. The van der Waals surface area contributed by atoms with Gasteiger partial charge in [-0.3, -0.25) is 0 Å². The summed E-state index contributed by atoms with van der Waals surface area (Å²) < 4.78 is 39.5. The third-order valence-electron chi connectivity index (χ3n) is 4.20. The van der Waals surface area contributed by atoms with Crippen LogP contribution >= 0.6 is 15.9 Å². The molecule has 24 heavy (non-hydrogen) atoms. The van der Waals surface area contributed by atoms with Crippen LogP contribution in [-0.2, 0) is 11.3 Å². The van der Waals surface area contributed by atoms with Crippen molar-refractivity contribution < 1.29 is 18.3 Å². The number of rotatable bonds is 5. The van der Waals surface area contributed by atoms with Crippen molar-refractivity contribution in [3.05, 3.63) is 64.1 Å². The van der Waals surface area contributed by atoms with E-state index in [4.69, 9.17) is 9.47 Å². The van der Waals surface area contributed by atoms with Gasteiger partial charge in [0.05, 0.1) is 18.8 Å². The fourth-order valence-electron chi connectivity index (χ4n) is 2.91. The van der Waals surface area contributed by atoms with E-state index in [1.165, 1.54) is 12.1 Å². The van der Waals surface area contributed by atoms with Crippen molar-refractivity contribution in [2.45, 2.75) is 44.5 Å². The van der Waals surface area contributed by atoms with E-state index in [9.17, 15) is 8.78 Å². The fourth-order valence-corrected chi connectivity index (χ4v) is 3.32. The van der Waals surface area contributed by atoms with Crippen molar-refractivity contribution in [1.82, 2.24) is 0 Å². The molecule has 0 radical (unpaired) electrons. The molecule has 0 aliphatic heterocycles. The smallest absolute Gasteiger partial charge is 0.191 e. The van der Waals surface area contributed by atoms with Crippen LogP contribution in [-0.4, -0.2) is 12.2 Å². The van der Waals surface area contributed by atoms with Crippen molar-refractivity contribution in [2.24, 2.45) is 0 Å². The summed E-state index contributed by atoms with van der Waals surface area (Å²) in [6, 6.07) is 12.5. The van der Waals surface area contributed by atoms with Gasteiger partial charge in [0.25, 0.3) is 0 Å². The molecule has 1 fully saturated rings. The van der Waals surface area contributed by atoms with Crippen LogP contribution in [0.4, 0.5) is 8.78 Å². The predicted octanol–water partition coefficient (Wildman–Crippen LogP) is 5.63. The Morgan fingerprint density at radius 2 is 1.50 bits per heavy atom. The van der Waals surface area contributed by atoms with E-state index in [1.807, 2.05) is 30.3 Å². The molecular weight excluding hydrogens is 378 g/mol. The minimum Gasteiger partial charge on any atom is -0.484 e. The molecule has 0 spiro atoms. The zero-order valence-electron chi connectivity index (χ0n) is 13.2. The van der Waals surface area contributed by atoms with Gasteiger partial charge in [0.2, 0.25) is 0 Å². The minimum absolute atomic E-state index is 0.171. The summed E-state index contributed by atoms with van der Waals surface area (Å²) in [6.07, 6.45) is 3.12. The second-order valence-corrected chi connectivity index (χ2v) is 6.93. The first kappa shape index (κ1) is 17.4. The van der Waals surface area contributed by atoms with Gasteiger partial charge in [-0.05, 0) is 43.4 Å². The van der Waals surface area contributed by atoms with Crippen molar-refractivity contribution in [2.75, 3.05) is 0 Å². The van der Waals surface area contributed by atoms with Crippen LogP contribution in [0.25, 0.3) is 0 Å². The molecule has 2 aromatic rings. The van der Waals surface area contributed by atoms with Crippen LogP contribution in [0.15, 0.2) is 46.9 Å². The number of benzene rings is 2. The topological polar surface area (TPSA) is 18.5 Å². The molecule has 0 aromatic heterocycles. The zero-order valence-corrected chi connectivity index (χ0v) is 14.8. The first-order valence-electron chi connectivity index (χ1n) is 8.08. The Bertz CT molecular complexity index is 647. The van der Waals surface area contributed by atoms with E-state index in [-0.39, 0.29) is 18.0 Å². The molecular formula is C19H19BrF2O2. The predicted molar refractivity (Wildman–Crippen MR) is 92.0 cm³/mol. The highest BCUT2D eigenvalue weighted by molar-refractivity contribution is 9.10. The lowest BCUT2D eigenvalue weighted by Gasteiger charge is -2.29. The third kappa shape index (κ3) is 4.54. The van der Waals surface area contributed by atoms with Crippen LogP contribution < -0.4 is 4.74 Å². The molecule has 0 heterocycles. The second kappa shape index (κ2) is 8.08. The summed E-state index contributed by atoms with van der Waals surface area (Å²) in [4.78, 5) is 0. The molecule has 0 amide bonds. The van der Waals surface area contributed by atoms with Gasteiger partial charge in [0, 0.05) is 4.47 Å². The Balaban J connectivity index is 1.49. The largest absolute Gasteiger partial charge is 0.484 e. The lowest BCUT2D eigenvalue weighted by atomic mass is 9.95. The van der Waals surface area contributed by atoms with E-state index in [0.717, 1.165) is 31.2 Å². The van der Waals surface area contributed by atoms with E-state index < -0.39 is 11.6 Å². The van der Waals surface area contributed by atoms with Gasteiger partial charge in [-0.15, -0.1) is 0 Å². The van der Waals surface area contributed by atoms with Gasteiger partial charge >= 0.3 is 0 Å². The molecule has 2 aromatic carbocycles. The minimum atomic E-state index is -0.677. The van der Waals surface area contributed by atoms with Gasteiger partial charge in [-0.1, -0.05) is 46.3 Å². The molecule has 0 bridgehead atoms. The highest BCUT2D eigenvalue weighted by Gasteiger charge is 2.25. The standard InChI is InChI=1S/C19H19BrF2O2/c20-14-10-17(21)19(18(22)11-14)24-16-8-6-15(7-9-16)23-12-13-4-2-1-3-5-13/h1-5,10-11,15-16H,6-9,12H2. The summed E-state index contributed by atoms with van der Waals surface area (Å²) in [5, 5.41) is 0. The highest BCUT2D eigenvalue weighted by atomic mass is 79.9. The van der Waals surface area contributed by atoms with Crippen LogP contribution in [0.5, 0.6) is 5.75 Å². The van der Waals surface area contributed by atoms with Crippen molar-refractivity contribution in [3.8, 4) is 5.75 Å². The van der Waals surface area contributed by atoms with E-state index >= 15 is 0 Å². The number of ether oxygens (including phenoxy) is 2. The molecule has 0 unspecified atom stereocenters. The molecule has 3 rings (SSSR count). The number of hydrogen-bond donors (Lipinski definition) is 0. The normalized spacial score (nSPS) is 20.8. The summed E-state index contributed by atoms with van der Waals surface area (Å²) in [5.41, 5.74) is 1.15. The van der Waals surface area contributed by atoms with Gasteiger partial charge in [0.15, 0.2) is 17.4 Å². The van der Waals surface area contributed by atoms with Crippen LogP contribution in [0.3, 0.4) is 0 Å². The number of hydrogen-bond acceptors (Lipinski definition) is 2. The quantitative estimate of drug-likeness (QED) is 0.651. The van der Waals surface area contributed by atoms with Crippen molar-refractivity contribution in [1.29, 1.82) is 0 Å². The molecule has 0 atom stereocenters. The Labute approximate surface area is 148 Å². The van der Waals surface area contributed by atoms with E-state index in [0.29, 0.717) is 11.1 Å². The van der Waals surface area contributed by atoms with Gasteiger partial charge < -0.3 is 9.47 Å². The molecule has 2 nitrogen and oxygen atoms in total. The third-order valence-corrected chi connectivity index (χ3v) is 4.66. The monoisotopic (exact) mass is 396 g/mol. The molecule has 1 aliphatic rings. The number of halogens is 3. The van der Waals surface area contributed by atoms with E-state index in [1.54, 1.807) is 0 Å². The van der Waals surface area contributed by atoms with Crippen molar-refractivity contribution >= 4 is 15.9 Å². The maximum Gasteiger partial charge on any atom is 0.191 e. The first-order chi connectivity index (χ1) is 11.6. The highest BCUT2D eigenvalue weighted by Crippen LogP contribution is 2.31. The fraction of sp³-hybridized carbons (Fsp3) is 0.368. The molecule has 5 heteroatoms. The van der Waals surface area contributed by atoms with Gasteiger partial charge in [-0.2, -0.15) is 0 Å².